The summed E-state index contributed by atoms with van der Waals surface area (Å²) in [4.78, 5) is 10.8. The van der Waals surface area contributed by atoms with Crippen LogP contribution >= 0.6 is 0 Å². The number of aliphatic hydroxyl groups excluding tert-OH is 1. The minimum absolute atomic E-state index is 0.214. The Balaban J connectivity index is 2.36. The first-order chi connectivity index (χ1) is 6.22. The lowest BCUT2D eigenvalue weighted by Crippen LogP contribution is -2.06. The Morgan fingerprint density at radius 3 is 3.15 bits per heavy atom. The van der Waals surface area contributed by atoms with E-state index in [1.54, 1.807) is 6.08 Å². The van der Waals surface area contributed by atoms with E-state index in [0.717, 1.165) is 5.57 Å². The molecule has 0 aliphatic heterocycles. The van der Waals surface area contributed by atoms with Crippen LogP contribution in [0.25, 0.3) is 0 Å². The van der Waals surface area contributed by atoms with E-state index in [-0.39, 0.29) is 5.97 Å². The first-order valence-electron chi connectivity index (χ1n) is 4.34. The second kappa shape index (κ2) is 4.82. The van der Waals surface area contributed by atoms with E-state index in [9.17, 15) is 9.90 Å². The van der Waals surface area contributed by atoms with Crippen molar-refractivity contribution in [1.29, 1.82) is 0 Å². The maximum absolute atomic E-state index is 10.8. The van der Waals surface area contributed by atoms with Gasteiger partial charge in [0.25, 0.3) is 0 Å². The molecule has 0 aromatic carbocycles. The molecular weight excluding hydrogens is 168 g/mol. The Morgan fingerprint density at radius 1 is 1.77 bits per heavy atom. The maximum atomic E-state index is 10.8. The average Bonchev–Trinajstić information content (AvgIpc) is 2.14. The molecule has 3 nitrogen and oxygen atoms in total. The standard InChI is InChI=1S/C10H14O3/c1-13-10(12)6-5-8-3-2-4-9(11)7-8/h2-3,7,9,11H,4-6H2,1H3. The van der Waals surface area contributed by atoms with Gasteiger partial charge in [0, 0.05) is 6.42 Å². The maximum Gasteiger partial charge on any atom is 0.305 e. The van der Waals surface area contributed by atoms with Gasteiger partial charge in [-0.25, -0.2) is 0 Å². The van der Waals surface area contributed by atoms with Crippen molar-refractivity contribution < 1.29 is 14.6 Å². The molecule has 0 fully saturated rings. The van der Waals surface area contributed by atoms with E-state index in [1.807, 2.05) is 12.2 Å². The van der Waals surface area contributed by atoms with E-state index in [2.05, 4.69) is 4.74 Å². The number of aliphatic hydroxyl groups is 1. The summed E-state index contributed by atoms with van der Waals surface area (Å²) in [6.07, 6.45) is 6.93. The van der Waals surface area contributed by atoms with E-state index in [4.69, 9.17) is 0 Å². The molecule has 0 amide bonds. The summed E-state index contributed by atoms with van der Waals surface area (Å²) in [5.74, 6) is -0.214. The quantitative estimate of drug-likeness (QED) is 0.667. The Kier molecular flexibility index (Phi) is 3.71. The number of hydrogen-bond acceptors (Lipinski definition) is 3. The summed E-state index contributed by atoms with van der Waals surface area (Å²) in [7, 11) is 1.38. The van der Waals surface area contributed by atoms with Crippen molar-refractivity contribution in [3.8, 4) is 0 Å². The summed E-state index contributed by atoms with van der Waals surface area (Å²) >= 11 is 0. The minimum atomic E-state index is -0.391. The molecule has 0 radical (unpaired) electrons. The molecule has 1 unspecified atom stereocenters. The number of methoxy groups -OCH3 is 1. The van der Waals surface area contributed by atoms with Gasteiger partial charge in [-0.2, -0.15) is 0 Å². The van der Waals surface area contributed by atoms with Crippen molar-refractivity contribution in [1.82, 2.24) is 0 Å². The lowest BCUT2D eigenvalue weighted by Gasteiger charge is -2.10. The van der Waals surface area contributed by atoms with Crippen LogP contribution in [0.15, 0.2) is 23.8 Å². The fourth-order valence-electron chi connectivity index (χ4n) is 1.24. The van der Waals surface area contributed by atoms with Crippen molar-refractivity contribution in [3.63, 3.8) is 0 Å². The highest BCUT2D eigenvalue weighted by Crippen LogP contribution is 2.15. The third-order valence-corrected chi connectivity index (χ3v) is 1.96. The fourth-order valence-corrected chi connectivity index (χ4v) is 1.24. The van der Waals surface area contributed by atoms with Crippen LogP contribution in [0.3, 0.4) is 0 Å². The third kappa shape index (κ3) is 3.42. The molecule has 0 saturated carbocycles. The smallest absolute Gasteiger partial charge is 0.305 e. The van der Waals surface area contributed by atoms with E-state index < -0.39 is 6.10 Å². The Bertz CT molecular complexity index is 241. The van der Waals surface area contributed by atoms with Crippen molar-refractivity contribution >= 4 is 5.97 Å². The highest BCUT2D eigenvalue weighted by Gasteiger charge is 2.07. The van der Waals surface area contributed by atoms with Gasteiger partial charge in [0.2, 0.25) is 0 Å². The predicted octanol–water partition coefficient (Wildman–Crippen LogP) is 1.19. The average molecular weight is 182 g/mol. The van der Waals surface area contributed by atoms with Gasteiger partial charge >= 0.3 is 5.97 Å². The van der Waals surface area contributed by atoms with Crippen LogP contribution in [0.1, 0.15) is 19.3 Å². The molecular formula is C10H14O3. The second-order valence-electron chi connectivity index (χ2n) is 3.02. The molecule has 13 heavy (non-hydrogen) atoms. The van der Waals surface area contributed by atoms with Crippen molar-refractivity contribution in [2.24, 2.45) is 0 Å². The molecule has 0 aromatic rings. The Morgan fingerprint density at radius 2 is 2.54 bits per heavy atom. The van der Waals surface area contributed by atoms with Gasteiger partial charge in [-0.05, 0) is 18.4 Å². The zero-order chi connectivity index (χ0) is 9.68. The number of hydrogen-bond donors (Lipinski definition) is 1. The molecule has 3 heteroatoms. The molecule has 0 spiro atoms. The van der Waals surface area contributed by atoms with Gasteiger partial charge in [-0.3, -0.25) is 4.79 Å². The fraction of sp³-hybridized carbons (Fsp3) is 0.500. The van der Waals surface area contributed by atoms with Gasteiger partial charge in [0.15, 0.2) is 0 Å². The summed E-state index contributed by atoms with van der Waals surface area (Å²) < 4.78 is 4.52. The largest absolute Gasteiger partial charge is 0.469 e. The SMILES string of the molecule is COC(=O)CCC1=CC(O)CC=C1. The summed E-state index contributed by atoms with van der Waals surface area (Å²) in [6.45, 7) is 0. The Hall–Kier alpha value is -1.09. The molecule has 72 valence electrons. The highest BCUT2D eigenvalue weighted by molar-refractivity contribution is 5.69. The van der Waals surface area contributed by atoms with Crippen LogP contribution in [0.5, 0.6) is 0 Å². The zero-order valence-corrected chi connectivity index (χ0v) is 7.69. The number of carbonyl (C=O) groups excluding carboxylic acids is 1. The monoisotopic (exact) mass is 182 g/mol. The number of rotatable bonds is 3. The molecule has 0 heterocycles. The van der Waals surface area contributed by atoms with Crippen LogP contribution in [0.4, 0.5) is 0 Å². The molecule has 1 N–H and O–H groups in total. The molecule has 1 atom stereocenters. The molecule has 0 bridgehead atoms. The van der Waals surface area contributed by atoms with Crippen molar-refractivity contribution in [2.75, 3.05) is 7.11 Å². The van der Waals surface area contributed by atoms with E-state index in [0.29, 0.717) is 19.3 Å². The van der Waals surface area contributed by atoms with Crippen LogP contribution in [0, 0.1) is 0 Å². The summed E-state index contributed by atoms with van der Waals surface area (Å²) in [5, 5.41) is 9.26. The van der Waals surface area contributed by atoms with Crippen LogP contribution in [-0.2, 0) is 9.53 Å². The van der Waals surface area contributed by atoms with Crippen LogP contribution in [0.2, 0.25) is 0 Å². The van der Waals surface area contributed by atoms with E-state index in [1.165, 1.54) is 7.11 Å². The second-order valence-corrected chi connectivity index (χ2v) is 3.02. The number of carbonyl (C=O) groups is 1. The van der Waals surface area contributed by atoms with E-state index >= 15 is 0 Å². The highest BCUT2D eigenvalue weighted by atomic mass is 16.5. The first-order valence-corrected chi connectivity index (χ1v) is 4.34. The normalized spacial score (nSPS) is 21.1. The minimum Gasteiger partial charge on any atom is -0.469 e. The Labute approximate surface area is 77.7 Å². The number of allylic oxidation sites excluding steroid dienone is 2. The van der Waals surface area contributed by atoms with Crippen molar-refractivity contribution in [2.45, 2.75) is 25.4 Å². The molecule has 0 saturated heterocycles. The first kappa shape index (κ1) is 9.99. The molecule has 1 aliphatic rings. The van der Waals surface area contributed by atoms with Gasteiger partial charge in [-0.1, -0.05) is 18.2 Å². The topological polar surface area (TPSA) is 46.5 Å². The van der Waals surface area contributed by atoms with Gasteiger partial charge in [-0.15, -0.1) is 0 Å². The molecule has 1 aliphatic carbocycles. The lowest BCUT2D eigenvalue weighted by molar-refractivity contribution is -0.140. The predicted molar refractivity (Wildman–Crippen MR) is 49.1 cm³/mol. The number of ether oxygens (including phenoxy) is 1. The summed E-state index contributed by atoms with van der Waals surface area (Å²) in [6, 6.07) is 0. The van der Waals surface area contributed by atoms with Crippen molar-refractivity contribution in [3.05, 3.63) is 23.8 Å². The lowest BCUT2D eigenvalue weighted by atomic mass is 10.0. The van der Waals surface area contributed by atoms with Gasteiger partial charge < -0.3 is 9.84 Å². The summed E-state index contributed by atoms with van der Waals surface area (Å²) in [5.41, 5.74) is 1.00. The van der Waals surface area contributed by atoms with Gasteiger partial charge in [0.05, 0.1) is 13.2 Å². The van der Waals surface area contributed by atoms with Crippen LogP contribution in [-0.4, -0.2) is 24.3 Å². The molecule has 1 rings (SSSR count). The molecule has 0 aromatic heterocycles. The van der Waals surface area contributed by atoms with Crippen LogP contribution < -0.4 is 0 Å². The van der Waals surface area contributed by atoms with Gasteiger partial charge in [0.1, 0.15) is 0 Å². The number of esters is 1. The third-order valence-electron chi connectivity index (χ3n) is 1.96. The zero-order valence-electron chi connectivity index (χ0n) is 7.69.